The Morgan fingerprint density at radius 2 is 2.24 bits per heavy atom. The third kappa shape index (κ3) is 3.71. The van der Waals surface area contributed by atoms with E-state index in [1.165, 1.54) is 12.4 Å². The number of nitrogens with one attached hydrogen (secondary N) is 1. The van der Waals surface area contributed by atoms with Crippen LogP contribution in [0.1, 0.15) is 5.56 Å². The standard InChI is InChI=1S/C12H14BrN3O/c1-8-3-4-10(13)5-11(8)16-12(17)9(6-14)7-15-2/h3-7H,14H2,1-2H3,(H,16,17). The molecule has 0 saturated heterocycles. The maximum Gasteiger partial charge on any atom is 0.258 e. The van der Waals surface area contributed by atoms with Gasteiger partial charge >= 0.3 is 0 Å². The Hall–Kier alpha value is -1.62. The zero-order chi connectivity index (χ0) is 12.8. The highest BCUT2D eigenvalue weighted by Gasteiger charge is 2.08. The molecule has 0 fully saturated rings. The summed E-state index contributed by atoms with van der Waals surface area (Å²) in [5.74, 6) is -0.278. The maximum absolute atomic E-state index is 11.8. The number of hydrogen-bond acceptors (Lipinski definition) is 3. The van der Waals surface area contributed by atoms with Crippen molar-refractivity contribution < 1.29 is 4.79 Å². The van der Waals surface area contributed by atoms with Crippen molar-refractivity contribution in [2.75, 3.05) is 12.4 Å². The van der Waals surface area contributed by atoms with E-state index in [2.05, 4.69) is 26.2 Å². The highest BCUT2D eigenvalue weighted by Crippen LogP contribution is 2.20. The first-order valence-corrected chi connectivity index (χ1v) is 5.79. The molecule has 0 aliphatic heterocycles. The van der Waals surface area contributed by atoms with Crippen molar-refractivity contribution >= 4 is 33.7 Å². The number of aryl methyl sites for hydroxylation is 1. The van der Waals surface area contributed by atoms with Gasteiger partial charge in [0.2, 0.25) is 0 Å². The van der Waals surface area contributed by atoms with Gasteiger partial charge in [0.1, 0.15) is 0 Å². The average molecular weight is 296 g/mol. The summed E-state index contributed by atoms with van der Waals surface area (Å²) in [4.78, 5) is 15.6. The lowest BCUT2D eigenvalue weighted by molar-refractivity contribution is -0.112. The van der Waals surface area contributed by atoms with Gasteiger partial charge in [0.05, 0.1) is 5.57 Å². The van der Waals surface area contributed by atoms with E-state index >= 15 is 0 Å². The molecule has 1 aromatic rings. The minimum Gasteiger partial charge on any atom is -0.404 e. The topological polar surface area (TPSA) is 67.5 Å². The molecule has 0 spiro atoms. The largest absolute Gasteiger partial charge is 0.404 e. The van der Waals surface area contributed by atoms with Crippen LogP contribution in [0.4, 0.5) is 5.69 Å². The van der Waals surface area contributed by atoms with Gasteiger partial charge < -0.3 is 11.1 Å². The van der Waals surface area contributed by atoms with Gasteiger partial charge in [-0.2, -0.15) is 0 Å². The molecule has 0 aromatic heterocycles. The number of aliphatic imine (C=N–C) groups is 1. The van der Waals surface area contributed by atoms with Crippen molar-refractivity contribution in [1.29, 1.82) is 0 Å². The van der Waals surface area contributed by atoms with Crippen LogP contribution in [0.2, 0.25) is 0 Å². The van der Waals surface area contributed by atoms with Crippen LogP contribution < -0.4 is 11.1 Å². The fraction of sp³-hybridized carbons (Fsp3) is 0.167. The highest BCUT2D eigenvalue weighted by molar-refractivity contribution is 9.10. The second kappa shape index (κ2) is 6.20. The Morgan fingerprint density at radius 3 is 2.82 bits per heavy atom. The molecule has 0 aliphatic rings. The fourth-order valence-corrected chi connectivity index (χ4v) is 1.60. The van der Waals surface area contributed by atoms with Gasteiger partial charge in [-0.3, -0.25) is 9.79 Å². The zero-order valence-corrected chi connectivity index (χ0v) is 11.3. The summed E-state index contributed by atoms with van der Waals surface area (Å²) in [7, 11) is 1.58. The molecule has 1 aromatic carbocycles. The second-order valence-electron chi connectivity index (χ2n) is 3.42. The lowest BCUT2D eigenvalue weighted by atomic mass is 10.2. The highest BCUT2D eigenvalue weighted by atomic mass is 79.9. The van der Waals surface area contributed by atoms with Crippen molar-refractivity contribution in [2.45, 2.75) is 6.92 Å². The number of nitrogens with two attached hydrogens (primary N) is 1. The smallest absolute Gasteiger partial charge is 0.258 e. The summed E-state index contributed by atoms with van der Waals surface area (Å²) in [6.07, 6.45) is 2.65. The summed E-state index contributed by atoms with van der Waals surface area (Å²) in [5.41, 5.74) is 7.41. The molecule has 0 atom stereocenters. The molecule has 4 nitrogen and oxygen atoms in total. The Kier molecular flexibility index (Phi) is 4.90. The predicted molar refractivity (Wildman–Crippen MR) is 74.2 cm³/mol. The van der Waals surface area contributed by atoms with Crippen molar-refractivity contribution in [3.05, 3.63) is 40.0 Å². The van der Waals surface area contributed by atoms with Crippen LogP contribution in [0, 0.1) is 6.92 Å². The molecule has 0 unspecified atom stereocenters. The third-order valence-electron chi connectivity index (χ3n) is 2.16. The molecule has 3 N–H and O–H groups in total. The van der Waals surface area contributed by atoms with E-state index in [-0.39, 0.29) is 5.91 Å². The van der Waals surface area contributed by atoms with Crippen LogP contribution in [-0.2, 0) is 4.79 Å². The minimum absolute atomic E-state index is 0.278. The van der Waals surface area contributed by atoms with Crippen LogP contribution in [-0.4, -0.2) is 19.2 Å². The normalized spacial score (nSPS) is 11.8. The quantitative estimate of drug-likeness (QED) is 0.663. The number of hydrogen-bond donors (Lipinski definition) is 2. The molecule has 1 amide bonds. The molecular formula is C12H14BrN3O. The monoisotopic (exact) mass is 295 g/mol. The van der Waals surface area contributed by atoms with Crippen molar-refractivity contribution in [3.63, 3.8) is 0 Å². The average Bonchev–Trinajstić information content (AvgIpc) is 2.30. The van der Waals surface area contributed by atoms with Gasteiger partial charge in [0.15, 0.2) is 0 Å². The van der Waals surface area contributed by atoms with Gasteiger partial charge in [-0.25, -0.2) is 0 Å². The number of anilines is 1. The first-order chi connectivity index (χ1) is 8.08. The van der Waals surface area contributed by atoms with E-state index in [0.717, 1.165) is 15.7 Å². The molecule has 5 heteroatoms. The number of nitrogens with zero attached hydrogens (tertiary/aromatic N) is 1. The number of carbonyl (C=O) groups is 1. The van der Waals surface area contributed by atoms with Gasteiger partial charge in [-0.1, -0.05) is 22.0 Å². The van der Waals surface area contributed by atoms with Crippen LogP contribution in [0.25, 0.3) is 0 Å². The second-order valence-corrected chi connectivity index (χ2v) is 4.34. The lowest BCUT2D eigenvalue weighted by Crippen LogP contribution is -2.17. The summed E-state index contributed by atoms with van der Waals surface area (Å²) >= 11 is 3.35. The molecule has 17 heavy (non-hydrogen) atoms. The molecular weight excluding hydrogens is 282 g/mol. The fourth-order valence-electron chi connectivity index (χ4n) is 1.24. The van der Waals surface area contributed by atoms with Crippen molar-refractivity contribution in [2.24, 2.45) is 10.7 Å². The van der Waals surface area contributed by atoms with E-state index in [0.29, 0.717) is 5.57 Å². The number of amides is 1. The van der Waals surface area contributed by atoms with E-state index in [4.69, 9.17) is 5.73 Å². The lowest BCUT2D eigenvalue weighted by Gasteiger charge is -2.08. The molecule has 0 bridgehead atoms. The summed E-state index contributed by atoms with van der Waals surface area (Å²) in [6, 6.07) is 5.67. The van der Waals surface area contributed by atoms with Gasteiger partial charge in [0.25, 0.3) is 5.91 Å². The number of carbonyl (C=O) groups excluding carboxylic acids is 1. The van der Waals surface area contributed by atoms with Gasteiger partial charge in [-0.15, -0.1) is 0 Å². The summed E-state index contributed by atoms with van der Waals surface area (Å²) < 4.78 is 0.904. The minimum atomic E-state index is -0.278. The third-order valence-corrected chi connectivity index (χ3v) is 2.65. The molecule has 1 rings (SSSR count). The molecule has 0 heterocycles. The van der Waals surface area contributed by atoms with E-state index < -0.39 is 0 Å². The van der Waals surface area contributed by atoms with E-state index in [9.17, 15) is 4.79 Å². The Balaban J connectivity index is 2.91. The summed E-state index contributed by atoms with van der Waals surface area (Å²) in [5, 5.41) is 2.78. The molecule has 90 valence electrons. The van der Waals surface area contributed by atoms with E-state index in [1.54, 1.807) is 7.05 Å². The predicted octanol–water partition coefficient (Wildman–Crippen LogP) is 2.24. The Labute approximate surface area is 109 Å². The van der Waals surface area contributed by atoms with Crippen molar-refractivity contribution in [1.82, 2.24) is 0 Å². The molecule has 0 saturated carbocycles. The summed E-state index contributed by atoms with van der Waals surface area (Å²) in [6.45, 7) is 1.92. The van der Waals surface area contributed by atoms with Crippen molar-refractivity contribution in [3.8, 4) is 0 Å². The Morgan fingerprint density at radius 1 is 1.53 bits per heavy atom. The molecule has 0 aliphatic carbocycles. The number of halogens is 1. The first-order valence-electron chi connectivity index (χ1n) is 5.00. The van der Waals surface area contributed by atoms with Crippen LogP contribution in [0.15, 0.2) is 39.4 Å². The maximum atomic E-state index is 11.8. The van der Waals surface area contributed by atoms with Gasteiger partial charge in [-0.05, 0) is 24.6 Å². The van der Waals surface area contributed by atoms with Crippen LogP contribution in [0.3, 0.4) is 0 Å². The van der Waals surface area contributed by atoms with Gasteiger partial charge in [0, 0.05) is 29.6 Å². The van der Waals surface area contributed by atoms with E-state index in [1.807, 2.05) is 25.1 Å². The SMILES string of the molecule is CN=CC(=CN)C(=O)Nc1cc(Br)ccc1C. The first kappa shape index (κ1) is 13.4. The number of rotatable bonds is 3. The van der Waals surface area contributed by atoms with Crippen LogP contribution in [0.5, 0.6) is 0 Å². The number of benzene rings is 1. The molecule has 0 radical (unpaired) electrons. The van der Waals surface area contributed by atoms with Crippen LogP contribution >= 0.6 is 15.9 Å². The Bertz CT molecular complexity index is 481. The zero-order valence-electron chi connectivity index (χ0n) is 9.70.